The molecule has 3 nitrogen and oxygen atoms in total. The van der Waals surface area contributed by atoms with Gasteiger partial charge in [0.2, 0.25) is 0 Å². The lowest BCUT2D eigenvalue weighted by Gasteiger charge is -2.39. The van der Waals surface area contributed by atoms with Crippen molar-refractivity contribution in [3.63, 3.8) is 0 Å². The molecule has 1 saturated heterocycles. The van der Waals surface area contributed by atoms with E-state index in [1.165, 1.54) is 32.1 Å². The summed E-state index contributed by atoms with van der Waals surface area (Å²) in [5.41, 5.74) is 7.84. The maximum Gasteiger partial charge on any atom is 0.0573 e. The van der Waals surface area contributed by atoms with Gasteiger partial charge in [0, 0.05) is 18.6 Å². The van der Waals surface area contributed by atoms with Crippen molar-refractivity contribution in [2.24, 2.45) is 0 Å². The summed E-state index contributed by atoms with van der Waals surface area (Å²) in [7, 11) is 2.29. The van der Waals surface area contributed by atoms with Crippen LogP contribution in [0, 0.1) is 0 Å². The third-order valence-electron chi connectivity index (χ3n) is 4.45. The minimum absolute atomic E-state index is 0.719. The van der Waals surface area contributed by atoms with E-state index in [0.717, 1.165) is 30.0 Å². The summed E-state index contributed by atoms with van der Waals surface area (Å²) in [5, 5.41) is 3.46. The van der Waals surface area contributed by atoms with Crippen LogP contribution in [-0.4, -0.2) is 30.6 Å². The van der Waals surface area contributed by atoms with Gasteiger partial charge in [0.25, 0.3) is 0 Å². The summed E-state index contributed by atoms with van der Waals surface area (Å²) in [5.74, 6) is 0. The Hall–Kier alpha value is -1.22. The van der Waals surface area contributed by atoms with Gasteiger partial charge in [-0.25, -0.2) is 0 Å². The molecule has 0 aliphatic carbocycles. The smallest absolute Gasteiger partial charge is 0.0573 e. The number of nitrogens with one attached hydrogen (secondary N) is 1. The number of likely N-dealkylation sites (tertiary alicyclic amines) is 1. The molecule has 1 fully saturated rings. The van der Waals surface area contributed by atoms with Crippen LogP contribution in [0.4, 0.5) is 11.4 Å². The van der Waals surface area contributed by atoms with E-state index in [1.807, 2.05) is 18.2 Å². The molecule has 3 N–H and O–H groups in total. The van der Waals surface area contributed by atoms with Crippen molar-refractivity contribution < 1.29 is 0 Å². The van der Waals surface area contributed by atoms with Crippen LogP contribution in [0.25, 0.3) is 0 Å². The average molecular weight is 261 g/mol. The van der Waals surface area contributed by atoms with E-state index < -0.39 is 0 Å². The van der Waals surface area contributed by atoms with Gasteiger partial charge in [0.05, 0.1) is 11.4 Å². The van der Waals surface area contributed by atoms with E-state index in [0.29, 0.717) is 0 Å². The van der Waals surface area contributed by atoms with Crippen LogP contribution in [0.15, 0.2) is 24.3 Å². The van der Waals surface area contributed by atoms with Gasteiger partial charge in [-0.3, -0.25) is 0 Å². The first-order valence-electron chi connectivity index (χ1n) is 7.52. The molecule has 1 heterocycles. The number of rotatable bonds is 5. The van der Waals surface area contributed by atoms with Crippen molar-refractivity contribution in [1.82, 2.24) is 4.90 Å². The number of para-hydroxylation sites is 2. The molecule has 0 spiro atoms. The topological polar surface area (TPSA) is 41.3 Å². The molecular weight excluding hydrogens is 234 g/mol. The SMILES string of the molecule is CC[C@@H]1CCC[C@H](CCNc2ccccc2N)N1C. The molecule has 106 valence electrons. The Morgan fingerprint density at radius 1 is 1.26 bits per heavy atom. The Labute approximate surface area is 117 Å². The van der Waals surface area contributed by atoms with Crippen molar-refractivity contribution in [3.05, 3.63) is 24.3 Å². The lowest BCUT2D eigenvalue weighted by Crippen LogP contribution is -2.44. The van der Waals surface area contributed by atoms with E-state index in [2.05, 4.69) is 30.3 Å². The fourth-order valence-corrected chi connectivity index (χ4v) is 3.17. The summed E-state index contributed by atoms with van der Waals surface area (Å²) in [4.78, 5) is 2.58. The molecule has 1 aliphatic heterocycles. The molecule has 1 aromatic carbocycles. The Kier molecular flexibility index (Phi) is 5.08. The first-order chi connectivity index (χ1) is 9.22. The molecule has 2 rings (SSSR count). The van der Waals surface area contributed by atoms with Crippen LogP contribution in [0.5, 0.6) is 0 Å². The van der Waals surface area contributed by atoms with Crippen LogP contribution >= 0.6 is 0 Å². The summed E-state index contributed by atoms with van der Waals surface area (Å²) in [6.45, 7) is 3.30. The van der Waals surface area contributed by atoms with E-state index >= 15 is 0 Å². The Balaban J connectivity index is 1.81. The second-order valence-corrected chi connectivity index (χ2v) is 5.61. The van der Waals surface area contributed by atoms with Crippen molar-refractivity contribution in [1.29, 1.82) is 0 Å². The maximum absolute atomic E-state index is 5.94. The second kappa shape index (κ2) is 6.80. The zero-order valence-corrected chi connectivity index (χ0v) is 12.2. The zero-order chi connectivity index (χ0) is 13.7. The average Bonchev–Trinajstić information content (AvgIpc) is 2.43. The number of piperidine rings is 1. The van der Waals surface area contributed by atoms with Crippen molar-refractivity contribution in [2.45, 2.75) is 51.1 Å². The highest BCUT2D eigenvalue weighted by atomic mass is 15.2. The fourth-order valence-electron chi connectivity index (χ4n) is 3.17. The van der Waals surface area contributed by atoms with Gasteiger partial charge in [-0.2, -0.15) is 0 Å². The number of nitrogen functional groups attached to an aromatic ring is 1. The quantitative estimate of drug-likeness (QED) is 0.799. The van der Waals surface area contributed by atoms with Crippen LogP contribution < -0.4 is 11.1 Å². The second-order valence-electron chi connectivity index (χ2n) is 5.61. The minimum Gasteiger partial charge on any atom is -0.397 e. The van der Waals surface area contributed by atoms with E-state index in [1.54, 1.807) is 0 Å². The highest BCUT2D eigenvalue weighted by molar-refractivity contribution is 5.65. The molecule has 2 atom stereocenters. The normalized spacial score (nSPS) is 24.3. The highest BCUT2D eigenvalue weighted by Crippen LogP contribution is 2.25. The summed E-state index contributed by atoms with van der Waals surface area (Å²) < 4.78 is 0. The molecule has 19 heavy (non-hydrogen) atoms. The molecule has 0 aromatic heterocycles. The molecule has 0 unspecified atom stereocenters. The number of hydrogen-bond donors (Lipinski definition) is 2. The number of hydrogen-bond acceptors (Lipinski definition) is 3. The molecule has 1 aromatic rings. The molecule has 3 heteroatoms. The van der Waals surface area contributed by atoms with Gasteiger partial charge in [0.1, 0.15) is 0 Å². The zero-order valence-electron chi connectivity index (χ0n) is 12.2. The van der Waals surface area contributed by atoms with E-state index in [4.69, 9.17) is 5.73 Å². The van der Waals surface area contributed by atoms with E-state index in [9.17, 15) is 0 Å². The number of nitrogens with zero attached hydrogens (tertiary/aromatic N) is 1. The lowest BCUT2D eigenvalue weighted by atomic mass is 9.93. The van der Waals surface area contributed by atoms with Gasteiger partial charge in [-0.1, -0.05) is 25.5 Å². The van der Waals surface area contributed by atoms with Gasteiger partial charge in [0.15, 0.2) is 0 Å². The van der Waals surface area contributed by atoms with Gasteiger partial charge >= 0.3 is 0 Å². The number of nitrogens with two attached hydrogens (primary N) is 1. The molecular formula is C16H27N3. The van der Waals surface area contributed by atoms with Gasteiger partial charge < -0.3 is 16.0 Å². The maximum atomic E-state index is 5.94. The third kappa shape index (κ3) is 3.63. The van der Waals surface area contributed by atoms with Crippen LogP contribution in [0.3, 0.4) is 0 Å². The van der Waals surface area contributed by atoms with Crippen molar-refractivity contribution in [2.75, 3.05) is 24.6 Å². The minimum atomic E-state index is 0.719. The summed E-state index contributed by atoms with van der Waals surface area (Å²) >= 11 is 0. The highest BCUT2D eigenvalue weighted by Gasteiger charge is 2.25. The molecule has 1 aliphatic rings. The number of anilines is 2. The lowest BCUT2D eigenvalue weighted by molar-refractivity contribution is 0.108. The molecule has 0 radical (unpaired) electrons. The molecule has 0 bridgehead atoms. The predicted octanol–water partition coefficient (Wildman–Crippen LogP) is 3.33. The van der Waals surface area contributed by atoms with Crippen LogP contribution in [0.1, 0.15) is 39.0 Å². The van der Waals surface area contributed by atoms with Gasteiger partial charge in [-0.05, 0) is 44.9 Å². The third-order valence-corrected chi connectivity index (χ3v) is 4.45. The van der Waals surface area contributed by atoms with Crippen LogP contribution in [0.2, 0.25) is 0 Å². The van der Waals surface area contributed by atoms with Crippen molar-refractivity contribution in [3.8, 4) is 0 Å². The first-order valence-corrected chi connectivity index (χ1v) is 7.52. The van der Waals surface area contributed by atoms with Gasteiger partial charge in [-0.15, -0.1) is 0 Å². The van der Waals surface area contributed by atoms with E-state index in [-0.39, 0.29) is 0 Å². The Bertz CT molecular complexity index is 391. The standard InChI is InChI=1S/C16H27N3/c1-3-13-7-6-8-14(19(13)2)11-12-18-16-10-5-4-9-15(16)17/h4-5,9-10,13-14,18H,3,6-8,11-12,17H2,1-2H3/t13-,14-/m1/s1. The molecule has 0 amide bonds. The fraction of sp³-hybridized carbons (Fsp3) is 0.625. The summed E-state index contributed by atoms with van der Waals surface area (Å²) in [6.07, 6.45) is 6.54. The first kappa shape index (κ1) is 14.2. The van der Waals surface area contributed by atoms with Crippen LogP contribution in [-0.2, 0) is 0 Å². The predicted molar refractivity (Wildman–Crippen MR) is 83.4 cm³/mol. The largest absolute Gasteiger partial charge is 0.397 e. The monoisotopic (exact) mass is 261 g/mol. The molecule has 0 saturated carbocycles. The Morgan fingerprint density at radius 3 is 2.74 bits per heavy atom. The van der Waals surface area contributed by atoms with Crippen molar-refractivity contribution >= 4 is 11.4 Å². The Morgan fingerprint density at radius 2 is 2.00 bits per heavy atom. The number of benzene rings is 1. The summed E-state index contributed by atoms with van der Waals surface area (Å²) in [6, 6.07) is 9.49.